The van der Waals surface area contributed by atoms with Gasteiger partial charge in [0.15, 0.2) is 0 Å². The van der Waals surface area contributed by atoms with Gasteiger partial charge in [-0.3, -0.25) is 0 Å². The van der Waals surface area contributed by atoms with Crippen LogP contribution in [0.1, 0.15) is 0 Å². The average Bonchev–Trinajstić information content (AvgIpc) is 0. The van der Waals surface area contributed by atoms with Crippen LogP contribution in [-0.4, -0.2) is 0 Å². The Morgan fingerprint density at radius 2 is 0.0286 bits per heavy atom. The van der Waals surface area contributed by atoms with Gasteiger partial charge in [0.1, 0.15) is 0 Å². The summed E-state index contributed by atoms with van der Waals surface area (Å²) in [6.07, 6.45) is 0. The van der Waals surface area contributed by atoms with E-state index in [0.717, 1.165) is 0 Å². The van der Waals surface area contributed by atoms with Crippen LogP contribution in [-0.2, 0) is 597 Å². The molecule has 350 valence electrons. The maximum atomic E-state index is 0. The van der Waals surface area contributed by atoms with Crippen molar-refractivity contribution in [3.63, 3.8) is 0 Å². The first-order chi connectivity index (χ1) is 0. The molecule has 0 spiro atoms. The third-order valence-electron chi connectivity index (χ3n) is 0. The summed E-state index contributed by atoms with van der Waals surface area (Å²) in [7, 11) is 0. The van der Waals surface area contributed by atoms with E-state index in [1.54, 1.807) is 0 Å². The molecule has 0 fully saturated rings. The summed E-state index contributed by atoms with van der Waals surface area (Å²) in [5.41, 5.74) is 0. The maximum absolute atomic E-state index is 0. The summed E-state index contributed by atoms with van der Waals surface area (Å²) in [6.45, 7) is 0. The molecule has 0 N–H and O–H groups in total. The minimum Gasteiger partial charge on any atom is 1.00 e. The van der Waals surface area contributed by atoms with Crippen molar-refractivity contribution in [2.45, 2.75) is 0 Å². The number of hydrogen-bond donors (Lipinski definition) is 0. The molecule has 0 aromatic rings. The van der Waals surface area contributed by atoms with Gasteiger partial charge in [-0.2, -0.15) is 0 Å². The van der Waals surface area contributed by atoms with E-state index in [0.29, 0.717) is 0 Å². The fourth-order valence-electron chi connectivity index (χ4n) is 0. The molecule has 0 aliphatic carbocycles. The molecule has 0 amide bonds. The van der Waals surface area contributed by atoms with E-state index >= 15 is 0 Å². The SMILES string of the molecule is [Cu+].[Cu+].[Cu+].[Cu+].[Cu+].[Cu+].[Cu+].[Cu+].[Cu+].[Cu+].[Cu+].[Cu+].[Cu+].[Cu+].[Cu+].[Cu+].[Cu+].[Cu+].[Cu+].[Cu+].[Cu+].[Cu+].[Cu+].[Cu+].[Cu+].[Cu+].[Cu+].[Cu+].[Cu+].[Cu+].[Cu+].[Cu+].[Cu+].[Cu+].[Cu+]. The molecule has 0 radical (unpaired) electrons. The minimum atomic E-state index is 0. The molecule has 0 atom stereocenters. The van der Waals surface area contributed by atoms with Gasteiger partial charge in [0, 0.05) is 0 Å². The second-order valence-corrected chi connectivity index (χ2v) is 0. The van der Waals surface area contributed by atoms with Gasteiger partial charge >= 0.3 is 597 Å². The van der Waals surface area contributed by atoms with Crippen LogP contribution >= 0.6 is 0 Å². The van der Waals surface area contributed by atoms with Crippen molar-refractivity contribution in [3.05, 3.63) is 0 Å². The van der Waals surface area contributed by atoms with E-state index in [1.165, 1.54) is 0 Å². The van der Waals surface area contributed by atoms with Crippen LogP contribution in [0.2, 0.25) is 0 Å². The third-order valence-corrected chi connectivity index (χ3v) is 0. The van der Waals surface area contributed by atoms with Gasteiger partial charge in [0.05, 0.1) is 0 Å². The van der Waals surface area contributed by atoms with Gasteiger partial charge in [0.2, 0.25) is 0 Å². The van der Waals surface area contributed by atoms with Crippen LogP contribution in [0.3, 0.4) is 0 Å². The first-order valence-electron chi connectivity index (χ1n) is 0. The third kappa shape index (κ3) is 398. The molecule has 0 saturated heterocycles. The number of hydrogen-bond acceptors (Lipinski definition) is 0. The summed E-state index contributed by atoms with van der Waals surface area (Å²) >= 11 is 0. The van der Waals surface area contributed by atoms with Gasteiger partial charge in [-0.1, -0.05) is 0 Å². The van der Waals surface area contributed by atoms with E-state index in [9.17, 15) is 0 Å². The summed E-state index contributed by atoms with van der Waals surface area (Å²) < 4.78 is 0. The molecule has 0 unspecified atom stereocenters. The van der Waals surface area contributed by atoms with Crippen LogP contribution in [0, 0.1) is 0 Å². The predicted molar refractivity (Wildman–Crippen MR) is 0 cm³/mol. The Morgan fingerprint density at radius 1 is 0.0286 bits per heavy atom. The van der Waals surface area contributed by atoms with Gasteiger partial charge in [-0.05, 0) is 0 Å². The Hall–Kier alpha value is 18.2. The van der Waals surface area contributed by atoms with E-state index < -0.39 is 0 Å². The normalized spacial score (nSPS) is 0. The molecule has 35 heteroatoms. The zero-order valence-corrected chi connectivity index (χ0v) is 43.5. The maximum Gasteiger partial charge on any atom is 1.00 e. The molecule has 0 saturated carbocycles. The quantitative estimate of drug-likeness (QED) is 0.299. The fourth-order valence-corrected chi connectivity index (χ4v) is 0. The minimum absolute atomic E-state index is 0. The van der Waals surface area contributed by atoms with Crippen LogP contribution < -0.4 is 0 Å². The number of rotatable bonds is 0. The van der Waals surface area contributed by atoms with Crippen molar-refractivity contribution in [2.75, 3.05) is 0 Å². The first-order valence-corrected chi connectivity index (χ1v) is 0. The molecular weight excluding hydrogens is 2220 g/mol. The molecule has 0 aliphatic rings. The van der Waals surface area contributed by atoms with Crippen LogP contribution in [0.15, 0.2) is 0 Å². The molecule has 0 bridgehead atoms. The van der Waals surface area contributed by atoms with Crippen LogP contribution in [0.5, 0.6) is 0 Å². The van der Waals surface area contributed by atoms with Crippen molar-refractivity contribution >= 4 is 0 Å². The monoisotopic (exact) mass is 2200 g/mol. The second kappa shape index (κ2) is 414. The molecular formula is Cu35+35. The van der Waals surface area contributed by atoms with Crippen LogP contribution in [0.4, 0.5) is 0 Å². The summed E-state index contributed by atoms with van der Waals surface area (Å²) in [6, 6.07) is 0. The largest absolute Gasteiger partial charge is 1.00 e. The Bertz CT molecular complexity index is 0. The topological polar surface area (TPSA) is 0 Å². The van der Waals surface area contributed by atoms with Crippen molar-refractivity contribution in [1.29, 1.82) is 0 Å². The summed E-state index contributed by atoms with van der Waals surface area (Å²) in [5, 5.41) is 0. The van der Waals surface area contributed by atoms with E-state index in [2.05, 4.69) is 0 Å². The molecule has 0 aliphatic heterocycles. The smallest absolute Gasteiger partial charge is 1.00 e. The van der Waals surface area contributed by atoms with Gasteiger partial charge in [-0.15, -0.1) is 0 Å². The molecule has 0 rings (SSSR count). The Kier molecular flexibility index (Phi) is 5180. The van der Waals surface area contributed by atoms with Crippen molar-refractivity contribution in [3.8, 4) is 0 Å². The zero-order valence-electron chi connectivity index (χ0n) is 10.6. The average molecular weight is 2220 g/mol. The van der Waals surface area contributed by atoms with Crippen molar-refractivity contribution in [1.82, 2.24) is 0 Å². The van der Waals surface area contributed by atoms with Crippen molar-refractivity contribution in [2.24, 2.45) is 0 Å². The Morgan fingerprint density at radius 3 is 0.0286 bits per heavy atom. The Balaban J connectivity index is 0. The second-order valence-electron chi connectivity index (χ2n) is 0. The molecule has 0 nitrogen and oxygen atoms in total. The molecule has 0 aromatic heterocycles. The molecule has 35 heavy (non-hydrogen) atoms. The Labute approximate surface area is 582 Å². The zero-order chi connectivity index (χ0) is 0. The summed E-state index contributed by atoms with van der Waals surface area (Å²) in [5.74, 6) is 0. The molecule has 0 heterocycles. The van der Waals surface area contributed by atoms with Crippen LogP contribution in [0.25, 0.3) is 0 Å². The van der Waals surface area contributed by atoms with E-state index in [1.807, 2.05) is 0 Å². The van der Waals surface area contributed by atoms with Gasteiger partial charge < -0.3 is 0 Å². The van der Waals surface area contributed by atoms with E-state index in [-0.39, 0.29) is 597 Å². The van der Waals surface area contributed by atoms with Gasteiger partial charge in [0.25, 0.3) is 0 Å². The first kappa shape index (κ1) is 438. The van der Waals surface area contributed by atoms with Gasteiger partial charge in [-0.25, -0.2) is 0 Å². The molecule has 0 aromatic carbocycles. The van der Waals surface area contributed by atoms with E-state index in [4.69, 9.17) is 0 Å². The van der Waals surface area contributed by atoms with Crippen molar-refractivity contribution < 1.29 is 597 Å². The fraction of sp³-hybridized carbons (Fsp3) is 0. The predicted octanol–water partition coefficient (Wildman–Crippen LogP) is -0.0875. The standard InChI is InChI=1S/35Cu/q35*+1. The summed E-state index contributed by atoms with van der Waals surface area (Å²) in [4.78, 5) is 0.